The van der Waals surface area contributed by atoms with Crippen molar-refractivity contribution in [1.29, 1.82) is 0 Å². The monoisotopic (exact) mass is 268 g/mol. The van der Waals surface area contributed by atoms with Gasteiger partial charge in [-0.05, 0) is 36.6 Å². The molecule has 0 spiro atoms. The van der Waals surface area contributed by atoms with Crippen LogP contribution < -0.4 is 11.1 Å². The SMILES string of the molecule is CC(NC(=O)CCc1ccccc1)c1ccc(N)cc1. The van der Waals surface area contributed by atoms with Crippen LogP contribution in [0.2, 0.25) is 0 Å². The summed E-state index contributed by atoms with van der Waals surface area (Å²) in [6.45, 7) is 1.98. The largest absolute Gasteiger partial charge is 0.399 e. The number of nitrogen functional groups attached to an aromatic ring is 1. The van der Waals surface area contributed by atoms with Crippen molar-refractivity contribution >= 4 is 11.6 Å². The van der Waals surface area contributed by atoms with E-state index in [0.717, 1.165) is 17.7 Å². The maximum atomic E-state index is 11.9. The minimum absolute atomic E-state index is 0.00104. The third-order valence-electron chi connectivity index (χ3n) is 3.30. The van der Waals surface area contributed by atoms with E-state index in [-0.39, 0.29) is 11.9 Å². The standard InChI is InChI=1S/C17H20N2O/c1-13(15-8-10-16(18)11-9-15)19-17(20)12-7-14-5-3-2-4-6-14/h2-6,8-11,13H,7,12,18H2,1H3,(H,19,20). The molecule has 1 amide bonds. The number of anilines is 1. The number of hydrogen-bond acceptors (Lipinski definition) is 2. The number of nitrogens with two attached hydrogens (primary N) is 1. The molecule has 2 aromatic rings. The summed E-state index contributed by atoms with van der Waals surface area (Å²) in [7, 11) is 0. The van der Waals surface area contributed by atoms with Crippen LogP contribution in [0.15, 0.2) is 54.6 Å². The fourth-order valence-electron chi connectivity index (χ4n) is 2.08. The van der Waals surface area contributed by atoms with Crippen LogP contribution in [-0.2, 0) is 11.2 Å². The number of benzene rings is 2. The van der Waals surface area contributed by atoms with E-state index in [1.807, 2.05) is 61.5 Å². The molecule has 2 aromatic carbocycles. The quantitative estimate of drug-likeness (QED) is 0.819. The first-order chi connectivity index (χ1) is 9.65. The van der Waals surface area contributed by atoms with Gasteiger partial charge in [0.2, 0.25) is 5.91 Å². The highest BCUT2D eigenvalue weighted by Crippen LogP contribution is 2.14. The summed E-state index contributed by atoms with van der Waals surface area (Å²) < 4.78 is 0. The van der Waals surface area contributed by atoms with E-state index < -0.39 is 0 Å². The van der Waals surface area contributed by atoms with Gasteiger partial charge in [0.15, 0.2) is 0 Å². The highest BCUT2D eigenvalue weighted by molar-refractivity contribution is 5.76. The van der Waals surface area contributed by atoms with Crippen molar-refractivity contribution < 1.29 is 4.79 Å². The molecule has 1 atom stereocenters. The number of carbonyl (C=O) groups is 1. The van der Waals surface area contributed by atoms with Crippen LogP contribution in [0.4, 0.5) is 5.69 Å². The molecule has 104 valence electrons. The van der Waals surface area contributed by atoms with E-state index in [4.69, 9.17) is 5.73 Å². The highest BCUT2D eigenvalue weighted by Gasteiger charge is 2.09. The van der Waals surface area contributed by atoms with Crippen LogP contribution in [0.1, 0.15) is 30.5 Å². The number of rotatable bonds is 5. The summed E-state index contributed by atoms with van der Waals surface area (Å²) in [6, 6.07) is 17.6. The molecule has 1 unspecified atom stereocenters. The average Bonchev–Trinajstić information content (AvgIpc) is 2.47. The summed E-state index contributed by atoms with van der Waals surface area (Å²) in [6.07, 6.45) is 1.27. The molecule has 0 heterocycles. The summed E-state index contributed by atoms with van der Waals surface area (Å²) in [5.74, 6) is 0.0678. The lowest BCUT2D eigenvalue weighted by molar-refractivity contribution is -0.121. The first-order valence-electron chi connectivity index (χ1n) is 6.84. The van der Waals surface area contributed by atoms with E-state index in [0.29, 0.717) is 6.42 Å². The average molecular weight is 268 g/mol. The number of amides is 1. The highest BCUT2D eigenvalue weighted by atomic mass is 16.1. The van der Waals surface area contributed by atoms with Crippen molar-refractivity contribution in [2.45, 2.75) is 25.8 Å². The Hall–Kier alpha value is -2.29. The Labute approximate surface area is 119 Å². The summed E-state index contributed by atoms with van der Waals surface area (Å²) in [5, 5.41) is 3.01. The predicted molar refractivity (Wildman–Crippen MR) is 82.2 cm³/mol. The predicted octanol–water partition coefficient (Wildman–Crippen LogP) is 3.08. The molecule has 3 N–H and O–H groups in total. The lowest BCUT2D eigenvalue weighted by Gasteiger charge is -2.14. The van der Waals surface area contributed by atoms with Crippen molar-refractivity contribution in [3.8, 4) is 0 Å². The third kappa shape index (κ3) is 4.12. The van der Waals surface area contributed by atoms with Gasteiger partial charge in [0.25, 0.3) is 0 Å². The maximum Gasteiger partial charge on any atom is 0.220 e. The normalized spacial score (nSPS) is 11.8. The van der Waals surface area contributed by atoms with Crippen molar-refractivity contribution in [1.82, 2.24) is 5.32 Å². The van der Waals surface area contributed by atoms with Crippen LogP contribution >= 0.6 is 0 Å². The van der Waals surface area contributed by atoms with Crippen molar-refractivity contribution in [3.63, 3.8) is 0 Å². The second-order valence-electron chi connectivity index (χ2n) is 4.94. The molecule has 0 radical (unpaired) electrons. The number of nitrogens with one attached hydrogen (secondary N) is 1. The zero-order chi connectivity index (χ0) is 14.4. The molecule has 0 saturated heterocycles. The van der Waals surface area contributed by atoms with Gasteiger partial charge in [-0.1, -0.05) is 42.5 Å². The van der Waals surface area contributed by atoms with E-state index in [9.17, 15) is 4.79 Å². The lowest BCUT2D eigenvalue weighted by Crippen LogP contribution is -2.26. The Bertz CT molecular complexity index is 549. The van der Waals surface area contributed by atoms with Crippen molar-refractivity contribution in [3.05, 3.63) is 65.7 Å². The summed E-state index contributed by atoms with van der Waals surface area (Å²) >= 11 is 0. The van der Waals surface area contributed by atoms with Gasteiger partial charge in [0.1, 0.15) is 0 Å². The second-order valence-corrected chi connectivity index (χ2v) is 4.94. The Morgan fingerprint density at radius 1 is 1.10 bits per heavy atom. The fraction of sp³-hybridized carbons (Fsp3) is 0.235. The molecule has 3 heteroatoms. The van der Waals surface area contributed by atoms with Crippen LogP contribution in [-0.4, -0.2) is 5.91 Å². The van der Waals surface area contributed by atoms with Gasteiger partial charge in [-0.2, -0.15) is 0 Å². The van der Waals surface area contributed by atoms with E-state index in [2.05, 4.69) is 5.32 Å². The van der Waals surface area contributed by atoms with Gasteiger partial charge >= 0.3 is 0 Å². The number of hydrogen-bond donors (Lipinski definition) is 2. The molecule has 3 nitrogen and oxygen atoms in total. The molecule has 0 aliphatic carbocycles. The minimum Gasteiger partial charge on any atom is -0.399 e. The van der Waals surface area contributed by atoms with Gasteiger partial charge in [-0.3, -0.25) is 4.79 Å². The Morgan fingerprint density at radius 3 is 2.40 bits per heavy atom. The molecular formula is C17H20N2O. The first kappa shape index (κ1) is 14.1. The number of aryl methyl sites for hydroxylation is 1. The van der Waals surface area contributed by atoms with Gasteiger partial charge in [-0.15, -0.1) is 0 Å². The van der Waals surface area contributed by atoms with Gasteiger partial charge < -0.3 is 11.1 Å². The second kappa shape index (κ2) is 6.75. The van der Waals surface area contributed by atoms with E-state index in [1.165, 1.54) is 5.56 Å². The molecule has 0 aromatic heterocycles. The zero-order valence-electron chi connectivity index (χ0n) is 11.7. The fourth-order valence-corrected chi connectivity index (χ4v) is 2.08. The molecular weight excluding hydrogens is 248 g/mol. The molecule has 0 aliphatic rings. The van der Waals surface area contributed by atoms with E-state index in [1.54, 1.807) is 0 Å². The smallest absolute Gasteiger partial charge is 0.220 e. The van der Waals surface area contributed by atoms with Crippen LogP contribution in [0.25, 0.3) is 0 Å². The van der Waals surface area contributed by atoms with Gasteiger partial charge in [-0.25, -0.2) is 0 Å². The number of carbonyl (C=O) groups excluding carboxylic acids is 1. The minimum atomic E-state index is -0.00104. The van der Waals surface area contributed by atoms with Crippen molar-refractivity contribution in [2.24, 2.45) is 0 Å². The lowest BCUT2D eigenvalue weighted by atomic mass is 10.1. The van der Waals surface area contributed by atoms with E-state index >= 15 is 0 Å². The molecule has 2 rings (SSSR count). The summed E-state index contributed by atoms with van der Waals surface area (Å²) in [4.78, 5) is 11.9. The zero-order valence-corrected chi connectivity index (χ0v) is 11.7. The maximum absolute atomic E-state index is 11.9. The van der Waals surface area contributed by atoms with Gasteiger partial charge in [0.05, 0.1) is 6.04 Å². The molecule has 0 aliphatic heterocycles. The van der Waals surface area contributed by atoms with Gasteiger partial charge in [0, 0.05) is 12.1 Å². The third-order valence-corrected chi connectivity index (χ3v) is 3.30. The Balaban J connectivity index is 1.83. The van der Waals surface area contributed by atoms with Crippen LogP contribution in [0.5, 0.6) is 0 Å². The van der Waals surface area contributed by atoms with Crippen LogP contribution in [0.3, 0.4) is 0 Å². The van der Waals surface area contributed by atoms with Crippen LogP contribution in [0, 0.1) is 0 Å². The molecule has 20 heavy (non-hydrogen) atoms. The topological polar surface area (TPSA) is 55.1 Å². The molecule has 0 fully saturated rings. The molecule has 0 saturated carbocycles. The van der Waals surface area contributed by atoms with Crippen molar-refractivity contribution in [2.75, 3.05) is 5.73 Å². The summed E-state index contributed by atoms with van der Waals surface area (Å²) in [5.41, 5.74) is 8.63. The first-order valence-corrected chi connectivity index (χ1v) is 6.84. The molecule has 0 bridgehead atoms. The Morgan fingerprint density at radius 2 is 1.75 bits per heavy atom. The Kier molecular flexibility index (Phi) is 4.77.